The standard InChI is InChI=1S/C35H52ClN3O9S/c1-20(16-24-17-25(38(6)7)30(36)26(18-24)44-9)12-11-13-29(45-10)35(43)19-27(46-33(42)37-35)21(2)31-34(5,48-31)28(14-15-40)47-32(41)22(3)39(8)23(4)49/h11-13,15,17-18,21-23,27-29,31,43,49H,14,16,19H2,1-10H3,(H,37,42)/b13-11+,20-12+/t21-,22+,23?,27+,28+,29-,31+,34+,35+/m1/s1. The Balaban J connectivity index is 1.72. The zero-order chi connectivity index (χ0) is 36.8. The summed E-state index contributed by atoms with van der Waals surface area (Å²) in [7, 11) is 8.60. The highest BCUT2D eigenvalue weighted by Crippen LogP contribution is 2.48. The molecule has 0 spiro atoms. The zero-order valence-electron chi connectivity index (χ0n) is 30.1. The number of carbonyl (C=O) groups is 3. The zero-order valence-corrected chi connectivity index (χ0v) is 31.7. The first kappa shape index (κ1) is 40.6. The molecule has 2 N–H and O–H groups in total. The van der Waals surface area contributed by atoms with Crippen LogP contribution in [-0.4, -0.2) is 111 Å². The number of hydrogen-bond donors (Lipinski definition) is 3. The van der Waals surface area contributed by atoms with Crippen LogP contribution >= 0.6 is 24.2 Å². The molecule has 3 rings (SSSR count). The quantitative estimate of drug-likeness (QED) is 0.0521. The number of likely N-dealkylation sites (N-methyl/N-ethyl adjacent to an activating group) is 1. The van der Waals surface area contributed by atoms with Crippen LogP contribution in [0.1, 0.15) is 53.0 Å². The number of methoxy groups -OCH3 is 2. The predicted molar refractivity (Wildman–Crippen MR) is 191 cm³/mol. The summed E-state index contributed by atoms with van der Waals surface area (Å²) in [4.78, 5) is 40.9. The molecule has 0 aromatic heterocycles. The van der Waals surface area contributed by atoms with Crippen LogP contribution in [0, 0.1) is 5.92 Å². The van der Waals surface area contributed by atoms with Crippen molar-refractivity contribution in [2.24, 2.45) is 5.92 Å². The molecule has 1 aromatic rings. The maximum Gasteiger partial charge on any atom is 0.409 e. The number of hydrogen-bond acceptors (Lipinski definition) is 12. The maximum absolute atomic E-state index is 12.9. The van der Waals surface area contributed by atoms with Crippen molar-refractivity contribution in [2.75, 3.05) is 40.3 Å². The van der Waals surface area contributed by atoms with Gasteiger partial charge < -0.3 is 38.5 Å². The fraction of sp³-hybridized carbons (Fsp3) is 0.629. The summed E-state index contributed by atoms with van der Waals surface area (Å²) >= 11 is 10.9. The van der Waals surface area contributed by atoms with Gasteiger partial charge in [-0.05, 0) is 58.9 Å². The average Bonchev–Trinajstić information content (AvgIpc) is 3.73. The van der Waals surface area contributed by atoms with Crippen LogP contribution in [-0.2, 0) is 35.0 Å². The Hall–Kier alpha value is -2.81. The third-order valence-electron chi connectivity index (χ3n) is 9.45. The largest absolute Gasteiger partial charge is 0.495 e. The van der Waals surface area contributed by atoms with Gasteiger partial charge in [-0.3, -0.25) is 15.0 Å². The topological polar surface area (TPSA) is 139 Å². The van der Waals surface area contributed by atoms with Gasteiger partial charge in [-0.15, -0.1) is 0 Å². The van der Waals surface area contributed by atoms with Crippen LogP contribution in [0.25, 0.3) is 0 Å². The van der Waals surface area contributed by atoms with Crippen LogP contribution in [0.3, 0.4) is 0 Å². The summed E-state index contributed by atoms with van der Waals surface area (Å²) < 4.78 is 28.6. The fourth-order valence-corrected chi connectivity index (χ4v) is 6.67. The van der Waals surface area contributed by atoms with E-state index in [1.807, 2.05) is 58.0 Å². The molecule has 0 saturated carbocycles. The number of esters is 1. The number of nitrogens with zero attached hydrogens (tertiary/aromatic N) is 2. The lowest BCUT2D eigenvalue weighted by Gasteiger charge is -2.42. The number of aliphatic hydroxyl groups is 1. The number of halogens is 1. The molecule has 49 heavy (non-hydrogen) atoms. The van der Waals surface area contributed by atoms with E-state index in [9.17, 15) is 19.5 Å². The SMILES string of the molecule is COc1cc(C/C(C)=C/C=C/[C@@H](OC)[C@@]2(O)C[C@@H]([C@@H](C)[C@@H]3O[C@@]3(C)[C@H](CC=O)OC(=O)[C@H](C)N(C)C(C)S)OC(=O)N2)cc(N(C)C)c1Cl. The number of nitrogens with one attached hydrogen (secondary N) is 1. The minimum Gasteiger partial charge on any atom is -0.495 e. The van der Waals surface area contributed by atoms with Gasteiger partial charge in [-0.25, -0.2) is 4.79 Å². The summed E-state index contributed by atoms with van der Waals surface area (Å²) in [6.07, 6.45) is 2.68. The molecule has 2 aliphatic rings. The van der Waals surface area contributed by atoms with Crippen molar-refractivity contribution in [1.82, 2.24) is 10.2 Å². The van der Waals surface area contributed by atoms with Crippen LogP contribution in [0.4, 0.5) is 10.5 Å². The predicted octanol–water partition coefficient (Wildman–Crippen LogP) is 4.55. The van der Waals surface area contributed by atoms with Crippen LogP contribution in [0.2, 0.25) is 5.02 Å². The number of epoxide rings is 1. The number of ether oxygens (including phenoxy) is 5. The lowest BCUT2D eigenvalue weighted by Crippen LogP contribution is -2.63. The molecule has 2 aliphatic heterocycles. The Bertz CT molecular complexity index is 1410. The number of carbonyl (C=O) groups excluding carboxylic acids is 3. The van der Waals surface area contributed by atoms with Crippen molar-refractivity contribution in [3.05, 3.63) is 46.5 Å². The van der Waals surface area contributed by atoms with E-state index in [2.05, 4.69) is 17.9 Å². The molecule has 1 amide bonds. The monoisotopic (exact) mass is 725 g/mol. The van der Waals surface area contributed by atoms with E-state index >= 15 is 0 Å². The molecule has 12 nitrogen and oxygen atoms in total. The van der Waals surface area contributed by atoms with Crippen LogP contribution in [0.15, 0.2) is 35.9 Å². The van der Waals surface area contributed by atoms with Crippen molar-refractivity contribution >= 4 is 48.3 Å². The molecule has 0 bridgehead atoms. The summed E-state index contributed by atoms with van der Waals surface area (Å²) in [5.74, 6) is -0.350. The van der Waals surface area contributed by atoms with Crippen molar-refractivity contribution < 1.29 is 43.2 Å². The number of aldehydes is 1. The summed E-state index contributed by atoms with van der Waals surface area (Å²) in [6.45, 7) is 9.11. The highest BCUT2D eigenvalue weighted by Gasteiger charge is 2.64. The highest BCUT2D eigenvalue weighted by atomic mass is 35.5. The average molecular weight is 726 g/mol. The van der Waals surface area contributed by atoms with E-state index in [0.717, 1.165) is 16.8 Å². The van der Waals surface area contributed by atoms with Gasteiger partial charge in [0, 0.05) is 40.0 Å². The Morgan fingerprint density at radius 3 is 2.49 bits per heavy atom. The minimum absolute atomic E-state index is 0.0148. The molecule has 0 aliphatic carbocycles. The molecule has 1 unspecified atom stereocenters. The number of thiol groups is 1. The van der Waals surface area contributed by atoms with Gasteiger partial charge >= 0.3 is 12.1 Å². The molecule has 2 fully saturated rings. The number of anilines is 1. The highest BCUT2D eigenvalue weighted by molar-refractivity contribution is 7.80. The first-order valence-electron chi connectivity index (χ1n) is 16.3. The van der Waals surface area contributed by atoms with Gasteiger partial charge in [0.1, 0.15) is 47.0 Å². The molecule has 0 radical (unpaired) electrons. The smallest absolute Gasteiger partial charge is 0.409 e. The first-order chi connectivity index (χ1) is 22.9. The lowest BCUT2D eigenvalue weighted by molar-refractivity contribution is -0.158. The third kappa shape index (κ3) is 9.71. The fourth-order valence-electron chi connectivity index (χ4n) is 6.11. The summed E-state index contributed by atoms with van der Waals surface area (Å²) in [5, 5.41) is 14.6. The van der Waals surface area contributed by atoms with E-state index in [1.54, 1.807) is 45.1 Å². The van der Waals surface area contributed by atoms with E-state index in [4.69, 9.17) is 35.3 Å². The number of amides is 1. The number of allylic oxidation sites excluding steroid dienone is 3. The Morgan fingerprint density at radius 2 is 1.92 bits per heavy atom. The minimum atomic E-state index is -1.80. The normalized spacial score (nSPS) is 27.1. The molecule has 9 atom stereocenters. The molecule has 2 saturated heterocycles. The van der Waals surface area contributed by atoms with Gasteiger partial charge in [0.15, 0.2) is 5.72 Å². The first-order valence-corrected chi connectivity index (χ1v) is 17.1. The van der Waals surface area contributed by atoms with E-state index in [1.165, 1.54) is 7.11 Å². The second-order valence-corrected chi connectivity index (χ2v) is 14.5. The van der Waals surface area contributed by atoms with Crippen molar-refractivity contribution in [3.8, 4) is 5.75 Å². The van der Waals surface area contributed by atoms with Crippen LogP contribution < -0.4 is 15.0 Å². The Morgan fingerprint density at radius 1 is 1.24 bits per heavy atom. The number of benzene rings is 1. The number of cyclic esters (lactones) is 1. The van der Waals surface area contributed by atoms with Gasteiger partial charge in [0.2, 0.25) is 0 Å². The van der Waals surface area contributed by atoms with Gasteiger partial charge in [-0.2, -0.15) is 12.6 Å². The van der Waals surface area contributed by atoms with Crippen molar-refractivity contribution in [2.45, 2.75) is 101 Å². The lowest BCUT2D eigenvalue weighted by atomic mass is 9.84. The Kier molecular flexibility index (Phi) is 14.0. The third-order valence-corrected chi connectivity index (χ3v) is 10.2. The number of alkyl carbamates (subject to hydrolysis) is 1. The maximum atomic E-state index is 12.9. The second-order valence-electron chi connectivity index (χ2n) is 13.3. The van der Waals surface area contributed by atoms with Gasteiger partial charge in [0.05, 0.1) is 24.3 Å². The van der Waals surface area contributed by atoms with Gasteiger partial charge in [-0.1, -0.05) is 42.3 Å². The van der Waals surface area contributed by atoms with Crippen LogP contribution in [0.5, 0.6) is 5.75 Å². The van der Waals surface area contributed by atoms with E-state index in [0.29, 0.717) is 23.5 Å². The molecular formula is C35H52ClN3O9S. The van der Waals surface area contributed by atoms with Crippen molar-refractivity contribution in [3.63, 3.8) is 0 Å². The van der Waals surface area contributed by atoms with E-state index in [-0.39, 0.29) is 18.2 Å². The van der Waals surface area contributed by atoms with Gasteiger partial charge in [0.25, 0.3) is 0 Å². The summed E-state index contributed by atoms with van der Waals surface area (Å²) in [5.41, 5.74) is 0.0801. The molecular weight excluding hydrogens is 674 g/mol. The van der Waals surface area contributed by atoms with E-state index < -0.39 is 59.8 Å². The molecule has 1 aromatic carbocycles. The van der Waals surface area contributed by atoms with Crippen molar-refractivity contribution in [1.29, 1.82) is 0 Å². The molecule has 274 valence electrons. The second kappa shape index (κ2) is 16.9. The molecule has 14 heteroatoms. The number of rotatable bonds is 17. The molecule has 2 heterocycles. The Labute approximate surface area is 300 Å². The summed E-state index contributed by atoms with van der Waals surface area (Å²) in [6, 6.07) is 3.31.